The highest BCUT2D eigenvalue weighted by molar-refractivity contribution is 6.31. The van der Waals surface area contributed by atoms with Crippen molar-refractivity contribution in [2.45, 2.75) is 13.3 Å². The largest absolute Gasteiger partial charge is 0.493 e. The van der Waals surface area contributed by atoms with Crippen molar-refractivity contribution in [2.75, 3.05) is 21.3 Å². The Morgan fingerprint density at radius 3 is 2.59 bits per heavy atom. The van der Waals surface area contributed by atoms with Crippen LogP contribution in [0, 0.1) is 6.92 Å². The predicted molar refractivity (Wildman–Crippen MR) is 108 cm³/mol. The van der Waals surface area contributed by atoms with Crippen LogP contribution in [0.1, 0.15) is 11.1 Å². The van der Waals surface area contributed by atoms with Gasteiger partial charge in [0.2, 0.25) is 5.91 Å². The summed E-state index contributed by atoms with van der Waals surface area (Å²) in [5.41, 5.74) is 4.35. The van der Waals surface area contributed by atoms with Crippen molar-refractivity contribution >= 4 is 28.4 Å². The quantitative estimate of drug-likeness (QED) is 0.717. The lowest BCUT2D eigenvalue weighted by atomic mass is 10.0. The van der Waals surface area contributed by atoms with Crippen molar-refractivity contribution in [3.8, 4) is 22.8 Å². The van der Waals surface area contributed by atoms with Crippen LogP contribution < -0.4 is 14.8 Å². The Balaban J connectivity index is 2.14. The topological polar surface area (TPSA) is 60.5 Å². The van der Waals surface area contributed by atoms with Gasteiger partial charge in [-0.15, -0.1) is 0 Å². The van der Waals surface area contributed by atoms with Gasteiger partial charge in [0.05, 0.1) is 31.9 Å². The van der Waals surface area contributed by atoms with Crippen LogP contribution >= 0.6 is 11.6 Å². The first kappa shape index (κ1) is 19.0. The molecule has 3 rings (SSSR count). The number of ether oxygens (including phenoxy) is 2. The number of methoxy groups -OCH3 is 2. The second-order valence-corrected chi connectivity index (χ2v) is 6.65. The van der Waals surface area contributed by atoms with Crippen LogP contribution in [0.25, 0.3) is 22.2 Å². The molecule has 2 aromatic carbocycles. The number of rotatable bonds is 5. The van der Waals surface area contributed by atoms with Crippen LogP contribution in [0.5, 0.6) is 11.5 Å². The average molecular weight is 385 g/mol. The van der Waals surface area contributed by atoms with Crippen LogP contribution in [0.2, 0.25) is 5.02 Å². The zero-order valence-electron chi connectivity index (χ0n) is 15.7. The second kappa shape index (κ2) is 7.84. The number of amides is 1. The van der Waals surface area contributed by atoms with Crippen LogP contribution in [0.3, 0.4) is 0 Å². The molecule has 1 amide bonds. The van der Waals surface area contributed by atoms with Gasteiger partial charge in [-0.25, -0.2) is 4.98 Å². The second-order valence-electron chi connectivity index (χ2n) is 6.21. The summed E-state index contributed by atoms with van der Waals surface area (Å²) in [7, 11) is 4.80. The highest BCUT2D eigenvalue weighted by atomic mass is 35.5. The molecule has 140 valence electrons. The van der Waals surface area contributed by atoms with Gasteiger partial charge in [0.15, 0.2) is 11.5 Å². The van der Waals surface area contributed by atoms with Gasteiger partial charge in [-0.2, -0.15) is 0 Å². The van der Waals surface area contributed by atoms with Gasteiger partial charge < -0.3 is 14.8 Å². The number of hydrogen-bond acceptors (Lipinski definition) is 4. The SMILES string of the molecule is CNC(=O)Cc1ccc2nc(-c3cc(Cl)cc(OC)c3OC)cc(C)c2c1. The fraction of sp³-hybridized carbons (Fsp3) is 0.238. The number of hydrogen-bond donors (Lipinski definition) is 1. The van der Waals surface area contributed by atoms with Gasteiger partial charge in [-0.3, -0.25) is 4.79 Å². The maximum atomic E-state index is 11.6. The monoisotopic (exact) mass is 384 g/mol. The molecule has 5 nitrogen and oxygen atoms in total. The molecule has 6 heteroatoms. The van der Waals surface area contributed by atoms with E-state index in [0.717, 1.165) is 33.3 Å². The third-order valence-electron chi connectivity index (χ3n) is 4.44. The summed E-state index contributed by atoms with van der Waals surface area (Å²) in [6, 6.07) is 11.4. The van der Waals surface area contributed by atoms with E-state index in [1.54, 1.807) is 27.3 Å². The summed E-state index contributed by atoms with van der Waals surface area (Å²) in [4.78, 5) is 16.4. The van der Waals surface area contributed by atoms with E-state index in [4.69, 9.17) is 26.1 Å². The fourth-order valence-corrected chi connectivity index (χ4v) is 3.29. The van der Waals surface area contributed by atoms with Gasteiger partial charge in [0.1, 0.15) is 0 Å². The molecular weight excluding hydrogens is 364 g/mol. The number of benzene rings is 2. The minimum absolute atomic E-state index is 0.0210. The number of likely N-dealkylation sites (N-methyl/N-ethyl adjacent to an activating group) is 1. The number of pyridine rings is 1. The molecule has 0 aliphatic carbocycles. The van der Waals surface area contributed by atoms with E-state index in [1.807, 2.05) is 37.3 Å². The zero-order chi connectivity index (χ0) is 19.6. The molecule has 0 saturated carbocycles. The molecule has 27 heavy (non-hydrogen) atoms. The lowest BCUT2D eigenvalue weighted by Gasteiger charge is -2.14. The molecule has 0 bridgehead atoms. The smallest absolute Gasteiger partial charge is 0.224 e. The Labute approximate surface area is 163 Å². The molecule has 0 spiro atoms. The Morgan fingerprint density at radius 1 is 1.15 bits per heavy atom. The average Bonchev–Trinajstić information content (AvgIpc) is 2.67. The Kier molecular flexibility index (Phi) is 5.51. The number of carbonyl (C=O) groups is 1. The van der Waals surface area contributed by atoms with Crippen molar-refractivity contribution in [3.63, 3.8) is 0 Å². The molecule has 3 aromatic rings. The summed E-state index contributed by atoms with van der Waals surface area (Å²) in [5, 5.41) is 4.19. The number of aryl methyl sites for hydroxylation is 1. The predicted octanol–water partition coefficient (Wildman–Crippen LogP) is 4.17. The van der Waals surface area contributed by atoms with E-state index in [-0.39, 0.29) is 5.91 Å². The molecule has 0 atom stereocenters. The van der Waals surface area contributed by atoms with Crippen molar-refractivity contribution in [1.82, 2.24) is 10.3 Å². The Hall–Kier alpha value is -2.79. The maximum absolute atomic E-state index is 11.6. The van der Waals surface area contributed by atoms with Crippen molar-refractivity contribution in [1.29, 1.82) is 0 Å². The molecule has 0 radical (unpaired) electrons. The minimum Gasteiger partial charge on any atom is -0.493 e. The van der Waals surface area contributed by atoms with Gasteiger partial charge in [0.25, 0.3) is 0 Å². The lowest BCUT2D eigenvalue weighted by molar-refractivity contribution is -0.119. The standard InChI is InChI=1S/C21H21ClN2O3/c1-12-7-18(16-10-14(22)11-19(26-3)21(16)27-4)24-17-6-5-13(8-15(12)17)9-20(25)23-2/h5-8,10-11H,9H2,1-4H3,(H,23,25). The van der Waals surface area contributed by atoms with Gasteiger partial charge in [-0.05, 0) is 42.3 Å². The first-order valence-electron chi connectivity index (χ1n) is 8.49. The van der Waals surface area contributed by atoms with E-state index in [9.17, 15) is 4.79 Å². The highest BCUT2D eigenvalue weighted by Crippen LogP contribution is 2.40. The number of halogens is 1. The third-order valence-corrected chi connectivity index (χ3v) is 4.66. The zero-order valence-corrected chi connectivity index (χ0v) is 16.5. The van der Waals surface area contributed by atoms with E-state index in [2.05, 4.69) is 5.32 Å². The molecule has 0 unspecified atom stereocenters. The normalized spacial score (nSPS) is 10.7. The first-order chi connectivity index (χ1) is 13.0. The third kappa shape index (κ3) is 3.83. The van der Waals surface area contributed by atoms with Crippen molar-refractivity contribution in [2.24, 2.45) is 0 Å². The van der Waals surface area contributed by atoms with Gasteiger partial charge >= 0.3 is 0 Å². The maximum Gasteiger partial charge on any atom is 0.224 e. The van der Waals surface area contributed by atoms with Crippen LogP contribution in [-0.2, 0) is 11.2 Å². The summed E-state index contributed by atoms with van der Waals surface area (Å²) in [5.74, 6) is 1.12. The Bertz CT molecular complexity index is 1020. The molecule has 1 N–H and O–H groups in total. The van der Waals surface area contributed by atoms with E-state index >= 15 is 0 Å². The molecule has 0 aliphatic rings. The summed E-state index contributed by atoms with van der Waals surface area (Å²) in [6.45, 7) is 2.02. The van der Waals surface area contributed by atoms with Crippen molar-refractivity contribution in [3.05, 3.63) is 52.5 Å². The van der Waals surface area contributed by atoms with Crippen LogP contribution in [0.4, 0.5) is 0 Å². The molecule has 1 heterocycles. The molecule has 0 aliphatic heterocycles. The summed E-state index contributed by atoms with van der Waals surface area (Å²) < 4.78 is 10.9. The van der Waals surface area contributed by atoms with Crippen LogP contribution in [0.15, 0.2) is 36.4 Å². The highest BCUT2D eigenvalue weighted by Gasteiger charge is 2.16. The first-order valence-corrected chi connectivity index (χ1v) is 8.87. The summed E-state index contributed by atoms with van der Waals surface area (Å²) >= 11 is 6.25. The lowest BCUT2D eigenvalue weighted by Crippen LogP contribution is -2.19. The van der Waals surface area contributed by atoms with Crippen LogP contribution in [-0.4, -0.2) is 32.2 Å². The summed E-state index contributed by atoms with van der Waals surface area (Å²) in [6.07, 6.45) is 0.340. The number of fused-ring (bicyclic) bond motifs is 1. The molecule has 0 fully saturated rings. The molecule has 1 aromatic heterocycles. The van der Waals surface area contributed by atoms with Gasteiger partial charge in [-0.1, -0.05) is 17.7 Å². The fourth-order valence-electron chi connectivity index (χ4n) is 3.08. The molecule has 0 saturated heterocycles. The van der Waals surface area contributed by atoms with E-state index in [0.29, 0.717) is 22.9 Å². The molecular formula is C21H21ClN2O3. The number of aromatic nitrogens is 1. The van der Waals surface area contributed by atoms with E-state index < -0.39 is 0 Å². The van der Waals surface area contributed by atoms with Gasteiger partial charge in [0, 0.05) is 29.1 Å². The number of carbonyl (C=O) groups excluding carboxylic acids is 1. The number of nitrogens with one attached hydrogen (secondary N) is 1. The van der Waals surface area contributed by atoms with E-state index in [1.165, 1.54) is 0 Å². The number of nitrogens with zero attached hydrogens (tertiary/aromatic N) is 1. The Morgan fingerprint density at radius 2 is 1.93 bits per heavy atom. The minimum atomic E-state index is -0.0210. The van der Waals surface area contributed by atoms with Crippen molar-refractivity contribution < 1.29 is 14.3 Å².